The van der Waals surface area contributed by atoms with E-state index in [9.17, 15) is 0 Å². The molecule has 0 aliphatic carbocycles. The largest absolute Gasteiger partial charge is 0.245 e. The number of hydrogen-bond acceptors (Lipinski definition) is 4. The molecule has 0 fully saturated rings. The lowest BCUT2D eigenvalue weighted by atomic mass is 10.2. The Bertz CT molecular complexity index is 488. The van der Waals surface area contributed by atoms with Crippen LogP contribution in [0.2, 0.25) is 0 Å². The van der Waals surface area contributed by atoms with Crippen LogP contribution in [-0.4, -0.2) is 9.97 Å². The van der Waals surface area contributed by atoms with Crippen LogP contribution in [0.15, 0.2) is 47.8 Å². The minimum atomic E-state index is 0.351. The summed E-state index contributed by atoms with van der Waals surface area (Å²) >= 11 is 1.61. The van der Waals surface area contributed by atoms with Crippen molar-refractivity contribution in [3.8, 4) is 6.07 Å². The van der Waals surface area contributed by atoms with Crippen LogP contribution in [0.3, 0.4) is 0 Å². The van der Waals surface area contributed by atoms with Crippen LogP contribution in [-0.2, 0) is 5.75 Å². The lowest BCUT2D eigenvalue weighted by Crippen LogP contribution is -1.87. The third kappa shape index (κ3) is 2.81. The van der Waals surface area contributed by atoms with Crippen molar-refractivity contribution in [2.75, 3.05) is 0 Å². The molecule has 16 heavy (non-hydrogen) atoms. The first-order valence-electron chi connectivity index (χ1n) is 4.77. The van der Waals surface area contributed by atoms with Crippen molar-refractivity contribution in [2.45, 2.75) is 10.8 Å². The van der Waals surface area contributed by atoms with Crippen LogP contribution in [0.1, 0.15) is 11.3 Å². The first kappa shape index (κ1) is 10.7. The summed E-state index contributed by atoms with van der Waals surface area (Å²) in [6.07, 6.45) is 3.12. The summed E-state index contributed by atoms with van der Waals surface area (Å²) in [7, 11) is 0. The van der Waals surface area contributed by atoms with E-state index >= 15 is 0 Å². The lowest BCUT2D eigenvalue weighted by Gasteiger charge is -2.00. The maximum Gasteiger partial charge on any atom is 0.158 e. The molecule has 0 unspecified atom stereocenters. The summed E-state index contributed by atoms with van der Waals surface area (Å²) in [5.41, 5.74) is 1.60. The highest BCUT2D eigenvalue weighted by atomic mass is 32.2. The smallest absolute Gasteiger partial charge is 0.158 e. The molecule has 0 saturated heterocycles. The molecule has 2 aromatic rings. The predicted molar refractivity (Wildman–Crippen MR) is 62.8 cm³/mol. The van der Waals surface area contributed by atoms with Crippen LogP contribution in [0, 0.1) is 11.3 Å². The Hall–Kier alpha value is -1.86. The standard InChI is InChI=1S/C12H9N3S/c13-6-11-7-15-12(8-14-11)16-9-10-4-2-1-3-5-10/h1-5,7-8H,9H2. The van der Waals surface area contributed by atoms with Gasteiger partial charge < -0.3 is 0 Å². The molecule has 0 radical (unpaired) electrons. The van der Waals surface area contributed by atoms with Crippen LogP contribution in [0.4, 0.5) is 0 Å². The fourth-order valence-electron chi connectivity index (χ4n) is 1.18. The lowest BCUT2D eigenvalue weighted by molar-refractivity contribution is 1.04. The zero-order valence-corrected chi connectivity index (χ0v) is 9.31. The van der Waals surface area contributed by atoms with E-state index in [4.69, 9.17) is 5.26 Å². The third-order valence-corrected chi connectivity index (χ3v) is 2.96. The zero-order valence-electron chi connectivity index (χ0n) is 8.50. The fraction of sp³-hybridized carbons (Fsp3) is 0.0833. The van der Waals surface area contributed by atoms with Gasteiger partial charge in [0.15, 0.2) is 5.69 Å². The van der Waals surface area contributed by atoms with E-state index in [1.165, 1.54) is 11.8 Å². The van der Waals surface area contributed by atoms with E-state index in [-0.39, 0.29) is 0 Å². The topological polar surface area (TPSA) is 49.6 Å². The van der Waals surface area contributed by atoms with Gasteiger partial charge in [-0.2, -0.15) is 5.26 Å². The minimum Gasteiger partial charge on any atom is -0.245 e. The van der Waals surface area contributed by atoms with Crippen LogP contribution < -0.4 is 0 Å². The van der Waals surface area contributed by atoms with Gasteiger partial charge in [-0.1, -0.05) is 30.3 Å². The number of nitrogens with zero attached hydrogens (tertiary/aromatic N) is 3. The first-order valence-corrected chi connectivity index (χ1v) is 5.76. The van der Waals surface area contributed by atoms with Gasteiger partial charge in [0.25, 0.3) is 0 Å². The normalized spacial score (nSPS) is 9.69. The van der Waals surface area contributed by atoms with Crippen molar-refractivity contribution in [1.29, 1.82) is 5.26 Å². The molecule has 0 bridgehead atoms. The van der Waals surface area contributed by atoms with Gasteiger partial charge in [0.05, 0.1) is 12.4 Å². The predicted octanol–water partition coefficient (Wildman–Crippen LogP) is 2.64. The summed E-state index contributed by atoms with van der Waals surface area (Å²) < 4.78 is 0. The molecule has 1 aromatic heterocycles. The molecule has 0 N–H and O–H groups in total. The number of nitriles is 1. The molecule has 1 heterocycles. The average molecular weight is 227 g/mol. The molecule has 3 nitrogen and oxygen atoms in total. The molecule has 4 heteroatoms. The van der Waals surface area contributed by atoms with Gasteiger partial charge in [-0.15, -0.1) is 11.8 Å². The monoisotopic (exact) mass is 227 g/mol. The van der Waals surface area contributed by atoms with Crippen molar-refractivity contribution in [3.05, 3.63) is 54.0 Å². The van der Waals surface area contributed by atoms with Gasteiger partial charge in [0, 0.05) is 5.75 Å². The zero-order chi connectivity index (χ0) is 11.2. The van der Waals surface area contributed by atoms with Crippen LogP contribution >= 0.6 is 11.8 Å². The Morgan fingerprint density at radius 2 is 1.94 bits per heavy atom. The molecule has 0 aliphatic heterocycles. The molecule has 2 rings (SSSR count). The van der Waals surface area contributed by atoms with Gasteiger partial charge in [-0.25, -0.2) is 9.97 Å². The van der Waals surface area contributed by atoms with E-state index in [1.807, 2.05) is 24.3 Å². The Balaban J connectivity index is 1.98. The van der Waals surface area contributed by atoms with Crippen molar-refractivity contribution in [1.82, 2.24) is 9.97 Å². The van der Waals surface area contributed by atoms with E-state index in [1.54, 1.807) is 18.0 Å². The molecule has 78 valence electrons. The average Bonchev–Trinajstić information content (AvgIpc) is 2.38. The van der Waals surface area contributed by atoms with Crippen molar-refractivity contribution < 1.29 is 0 Å². The summed E-state index contributed by atoms with van der Waals surface area (Å²) in [5, 5.41) is 9.41. The Morgan fingerprint density at radius 1 is 1.12 bits per heavy atom. The SMILES string of the molecule is N#Cc1cnc(SCc2ccccc2)cn1. The molecular weight excluding hydrogens is 218 g/mol. The van der Waals surface area contributed by atoms with E-state index in [0.29, 0.717) is 5.69 Å². The Morgan fingerprint density at radius 3 is 2.56 bits per heavy atom. The van der Waals surface area contributed by atoms with Gasteiger partial charge in [0.1, 0.15) is 11.1 Å². The molecule has 0 atom stereocenters. The van der Waals surface area contributed by atoms with Gasteiger partial charge >= 0.3 is 0 Å². The van der Waals surface area contributed by atoms with Gasteiger partial charge in [-0.3, -0.25) is 0 Å². The Labute approximate surface area is 98.2 Å². The number of aromatic nitrogens is 2. The second kappa shape index (κ2) is 5.29. The number of rotatable bonds is 3. The number of hydrogen-bond donors (Lipinski definition) is 0. The highest BCUT2D eigenvalue weighted by Gasteiger charge is 1.98. The van der Waals surface area contributed by atoms with Crippen molar-refractivity contribution >= 4 is 11.8 Å². The Kier molecular flexibility index (Phi) is 3.52. The molecule has 0 saturated carbocycles. The first-order chi connectivity index (χ1) is 7.88. The molecule has 0 spiro atoms. The summed E-state index contributed by atoms with van der Waals surface area (Å²) in [6, 6.07) is 12.1. The van der Waals surface area contributed by atoms with Gasteiger partial charge in [0.2, 0.25) is 0 Å². The van der Waals surface area contributed by atoms with Crippen molar-refractivity contribution in [3.63, 3.8) is 0 Å². The molecule has 1 aromatic carbocycles. The summed E-state index contributed by atoms with van der Waals surface area (Å²) in [5.74, 6) is 0.863. The molecule has 0 aliphatic rings. The second-order valence-corrected chi connectivity index (χ2v) is 4.12. The third-order valence-electron chi connectivity index (χ3n) is 1.97. The highest BCUT2D eigenvalue weighted by Crippen LogP contribution is 2.19. The summed E-state index contributed by atoms with van der Waals surface area (Å²) in [6.45, 7) is 0. The molecular formula is C12H9N3S. The van der Waals surface area contributed by atoms with E-state index in [0.717, 1.165) is 10.8 Å². The number of thioether (sulfide) groups is 1. The second-order valence-electron chi connectivity index (χ2n) is 3.13. The van der Waals surface area contributed by atoms with E-state index < -0.39 is 0 Å². The quantitative estimate of drug-likeness (QED) is 0.756. The maximum atomic E-state index is 8.58. The maximum absolute atomic E-state index is 8.58. The minimum absolute atomic E-state index is 0.351. The van der Waals surface area contributed by atoms with E-state index in [2.05, 4.69) is 22.1 Å². The number of benzene rings is 1. The van der Waals surface area contributed by atoms with Crippen LogP contribution in [0.25, 0.3) is 0 Å². The van der Waals surface area contributed by atoms with Crippen LogP contribution in [0.5, 0.6) is 0 Å². The van der Waals surface area contributed by atoms with Crippen molar-refractivity contribution in [2.24, 2.45) is 0 Å². The van der Waals surface area contributed by atoms with Gasteiger partial charge in [-0.05, 0) is 5.56 Å². The molecule has 0 amide bonds. The fourth-order valence-corrected chi connectivity index (χ4v) is 1.94. The highest BCUT2D eigenvalue weighted by molar-refractivity contribution is 7.98. The summed E-state index contributed by atoms with van der Waals surface area (Å²) in [4.78, 5) is 8.11.